The summed E-state index contributed by atoms with van der Waals surface area (Å²) in [5.41, 5.74) is 0.586. The first kappa shape index (κ1) is 35.7. The molecule has 0 saturated heterocycles. The molecule has 9 nitrogen and oxygen atoms in total. The fourth-order valence-electron chi connectivity index (χ4n) is 4.96. The van der Waals surface area contributed by atoms with Gasteiger partial charge in [-0.1, -0.05) is 61.2 Å². The van der Waals surface area contributed by atoms with Crippen molar-refractivity contribution >= 4 is 42.6 Å². The number of amides is 3. The molecule has 1 saturated carbocycles. The number of nitrogens with zero attached hydrogens (tertiary/aromatic N) is 1. The fourth-order valence-corrected chi connectivity index (χ4v) is 5.21. The van der Waals surface area contributed by atoms with E-state index in [1.807, 2.05) is 36.4 Å². The van der Waals surface area contributed by atoms with Crippen molar-refractivity contribution in [3.05, 3.63) is 77.9 Å². The van der Waals surface area contributed by atoms with Crippen molar-refractivity contribution in [1.29, 1.82) is 0 Å². The van der Waals surface area contributed by atoms with Gasteiger partial charge < -0.3 is 25.0 Å². The van der Waals surface area contributed by atoms with Gasteiger partial charge in [0.1, 0.15) is 29.3 Å². The zero-order valence-corrected chi connectivity index (χ0v) is 28.1. The van der Waals surface area contributed by atoms with Crippen LogP contribution in [0.3, 0.4) is 0 Å². The molecule has 10 heteroatoms. The van der Waals surface area contributed by atoms with Crippen LogP contribution in [0.15, 0.2) is 61.2 Å². The first-order chi connectivity index (χ1) is 21.1. The zero-order valence-electron chi connectivity index (χ0n) is 27.2. The summed E-state index contributed by atoms with van der Waals surface area (Å²) in [6, 6.07) is 13.1. The quantitative estimate of drug-likeness (QED) is 0.205. The molecule has 2 aromatic rings. The summed E-state index contributed by atoms with van der Waals surface area (Å²) >= 11 is 4.38. The minimum atomic E-state index is -1.12. The van der Waals surface area contributed by atoms with E-state index in [1.54, 1.807) is 65.8 Å². The average Bonchev–Trinajstić information content (AvgIpc) is 2.92. The zero-order chi connectivity index (χ0) is 33.4. The lowest BCUT2D eigenvalue weighted by Crippen LogP contribution is -2.59. The second-order valence-electron chi connectivity index (χ2n) is 13.3. The number of hydrogen-bond acceptors (Lipinski definition) is 7. The molecule has 2 aromatic carbocycles. The van der Waals surface area contributed by atoms with Crippen molar-refractivity contribution < 1.29 is 28.7 Å². The van der Waals surface area contributed by atoms with Gasteiger partial charge in [0.05, 0.1) is 0 Å². The number of rotatable bonds is 12. The van der Waals surface area contributed by atoms with Crippen molar-refractivity contribution in [3.8, 4) is 0 Å². The number of carbonyl (C=O) groups is 4. The summed E-state index contributed by atoms with van der Waals surface area (Å²) in [6.45, 7) is 14.3. The minimum Gasteiger partial charge on any atom is -0.458 e. The molecule has 0 bridgehead atoms. The molecule has 0 radical (unpaired) electrons. The molecule has 244 valence electrons. The van der Waals surface area contributed by atoms with Crippen LogP contribution in [0, 0.1) is 0 Å². The maximum Gasteiger partial charge on any atom is 0.408 e. The van der Waals surface area contributed by atoms with Gasteiger partial charge in [-0.05, 0) is 83.6 Å². The largest absolute Gasteiger partial charge is 0.458 e. The third kappa shape index (κ3) is 10.7. The molecule has 45 heavy (non-hydrogen) atoms. The number of ether oxygens (including phenoxy) is 2. The van der Waals surface area contributed by atoms with E-state index < -0.39 is 53.2 Å². The van der Waals surface area contributed by atoms with E-state index in [0.717, 1.165) is 17.5 Å². The maximum absolute atomic E-state index is 14.5. The number of thiol groups is 1. The van der Waals surface area contributed by atoms with Crippen LogP contribution in [0.25, 0.3) is 6.08 Å². The number of nitrogens with one attached hydrogen (secondary N) is 2. The van der Waals surface area contributed by atoms with Crippen molar-refractivity contribution in [3.63, 3.8) is 0 Å². The van der Waals surface area contributed by atoms with Crippen LogP contribution >= 0.6 is 12.6 Å². The van der Waals surface area contributed by atoms with Crippen LogP contribution in [0.2, 0.25) is 0 Å². The van der Waals surface area contributed by atoms with Gasteiger partial charge in [0, 0.05) is 18.2 Å². The summed E-state index contributed by atoms with van der Waals surface area (Å²) in [6.07, 6.45) is 3.34. The second kappa shape index (κ2) is 15.5. The molecule has 3 atom stereocenters. The molecule has 3 rings (SSSR count). The first-order valence-electron chi connectivity index (χ1n) is 15.3. The van der Waals surface area contributed by atoms with E-state index in [-0.39, 0.29) is 18.2 Å². The van der Waals surface area contributed by atoms with Crippen LogP contribution in [-0.2, 0) is 30.3 Å². The third-order valence-electron chi connectivity index (χ3n) is 7.17. The van der Waals surface area contributed by atoms with Gasteiger partial charge in [0.25, 0.3) is 0 Å². The average molecular weight is 638 g/mol. The predicted octanol–water partition coefficient (Wildman–Crippen LogP) is 5.64. The molecular weight excluding hydrogens is 590 g/mol. The number of carbonyl (C=O) groups excluding carboxylic acids is 4. The molecule has 0 aliphatic heterocycles. The molecule has 0 heterocycles. The van der Waals surface area contributed by atoms with Gasteiger partial charge >= 0.3 is 12.1 Å². The summed E-state index contributed by atoms with van der Waals surface area (Å²) in [5.74, 6) is -1.61. The van der Waals surface area contributed by atoms with Crippen molar-refractivity contribution in [1.82, 2.24) is 15.5 Å². The Morgan fingerprint density at radius 2 is 1.58 bits per heavy atom. The third-order valence-corrected chi connectivity index (χ3v) is 7.54. The lowest BCUT2D eigenvalue weighted by molar-refractivity contribution is -0.159. The molecular formula is C35H47N3O6S. The van der Waals surface area contributed by atoms with Crippen molar-refractivity contribution in [2.24, 2.45) is 0 Å². The highest BCUT2D eigenvalue weighted by Crippen LogP contribution is 2.34. The lowest BCUT2D eigenvalue weighted by atomic mass is 9.87. The molecule has 1 aliphatic carbocycles. The van der Waals surface area contributed by atoms with Crippen molar-refractivity contribution in [2.45, 2.75) is 103 Å². The van der Waals surface area contributed by atoms with Crippen LogP contribution in [0.1, 0.15) is 83.5 Å². The van der Waals surface area contributed by atoms with Gasteiger partial charge in [-0.3, -0.25) is 9.59 Å². The molecule has 0 spiro atoms. The van der Waals surface area contributed by atoms with E-state index in [0.29, 0.717) is 18.4 Å². The Morgan fingerprint density at radius 1 is 0.933 bits per heavy atom. The SMILES string of the molecule is C=Cc1cccc(C(C(=O)NC(Cc2ccccc2)C(=O)OC(C)(C)C)N(C(=O)C(CS)NC(=O)OC(C)(C)C)C2CCC2)c1. The van der Waals surface area contributed by atoms with Crippen molar-refractivity contribution in [2.75, 3.05) is 5.75 Å². The first-order valence-corrected chi connectivity index (χ1v) is 16.0. The fraction of sp³-hybridized carbons (Fsp3) is 0.486. The highest BCUT2D eigenvalue weighted by atomic mass is 32.1. The topological polar surface area (TPSA) is 114 Å². The Balaban J connectivity index is 2.05. The highest BCUT2D eigenvalue weighted by molar-refractivity contribution is 7.80. The summed E-state index contributed by atoms with van der Waals surface area (Å²) < 4.78 is 11.1. The van der Waals surface area contributed by atoms with Gasteiger partial charge in [-0.15, -0.1) is 0 Å². The van der Waals surface area contributed by atoms with Crippen LogP contribution in [-0.4, -0.2) is 63.9 Å². The molecule has 0 aromatic heterocycles. The molecule has 1 aliphatic rings. The van der Waals surface area contributed by atoms with Gasteiger partial charge in [-0.2, -0.15) is 12.6 Å². The molecule has 2 N–H and O–H groups in total. The Morgan fingerprint density at radius 3 is 2.11 bits per heavy atom. The van der Waals surface area contributed by atoms with E-state index in [9.17, 15) is 19.2 Å². The number of esters is 1. The molecule has 3 amide bonds. The van der Waals surface area contributed by atoms with Gasteiger partial charge in [0.15, 0.2) is 0 Å². The van der Waals surface area contributed by atoms with Gasteiger partial charge in [-0.25, -0.2) is 9.59 Å². The Labute approximate surface area is 272 Å². The van der Waals surface area contributed by atoms with E-state index >= 15 is 0 Å². The number of hydrogen-bond donors (Lipinski definition) is 3. The summed E-state index contributed by atoms with van der Waals surface area (Å²) in [4.78, 5) is 56.4. The van der Waals surface area contributed by atoms with Gasteiger partial charge in [0.2, 0.25) is 11.8 Å². The highest BCUT2D eigenvalue weighted by Gasteiger charge is 2.43. The maximum atomic E-state index is 14.5. The minimum absolute atomic E-state index is 0.0170. The van der Waals surface area contributed by atoms with E-state index in [1.165, 1.54) is 4.90 Å². The van der Waals surface area contributed by atoms with Crippen LogP contribution < -0.4 is 10.6 Å². The Hall–Kier alpha value is -3.79. The molecule has 1 fully saturated rings. The summed E-state index contributed by atoms with van der Waals surface area (Å²) in [7, 11) is 0. The number of benzene rings is 2. The van der Waals surface area contributed by atoms with Crippen LogP contribution in [0.4, 0.5) is 4.79 Å². The lowest BCUT2D eigenvalue weighted by Gasteiger charge is -2.43. The number of alkyl carbamates (subject to hydrolysis) is 1. The smallest absolute Gasteiger partial charge is 0.408 e. The van der Waals surface area contributed by atoms with E-state index in [4.69, 9.17) is 9.47 Å². The Kier molecular flexibility index (Phi) is 12.3. The monoisotopic (exact) mass is 637 g/mol. The normalized spacial score (nSPS) is 15.4. The second-order valence-corrected chi connectivity index (χ2v) is 13.6. The summed E-state index contributed by atoms with van der Waals surface area (Å²) in [5, 5.41) is 5.57. The molecule has 3 unspecified atom stereocenters. The predicted molar refractivity (Wildman–Crippen MR) is 179 cm³/mol. The standard InChI is InChI=1S/C35H47N3O6S/c1-8-23-16-12-17-25(20-23)29(30(39)36-27(32(41)43-34(2,3)4)21-24-14-10-9-11-15-24)38(26-18-13-19-26)31(40)28(22-45)37-33(42)44-35(5,6)7/h8-12,14-17,20,26-29,45H,1,13,18-19,21-22H2,2-7H3,(H,36,39)(H,37,42). The van der Waals surface area contributed by atoms with E-state index in [2.05, 4.69) is 29.8 Å². The van der Waals surface area contributed by atoms with Crippen LogP contribution in [0.5, 0.6) is 0 Å². The Bertz CT molecular complexity index is 1350.